The first-order valence-corrected chi connectivity index (χ1v) is 10.2. The van der Waals surface area contributed by atoms with Crippen molar-refractivity contribution < 1.29 is 15.0 Å². The highest BCUT2D eigenvalue weighted by molar-refractivity contribution is 5.84. The summed E-state index contributed by atoms with van der Waals surface area (Å²) in [6.45, 7) is 6.94. The van der Waals surface area contributed by atoms with Crippen LogP contribution in [0.25, 0.3) is 0 Å². The second-order valence-electron chi connectivity index (χ2n) is 9.84. The lowest BCUT2D eigenvalue weighted by Crippen LogP contribution is -2.58. The first-order valence-electron chi connectivity index (χ1n) is 10.2. The Labute approximate surface area is 146 Å². The van der Waals surface area contributed by atoms with Gasteiger partial charge in [0.15, 0.2) is 0 Å². The van der Waals surface area contributed by atoms with E-state index in [-0.39, 0.29) is 22.7 Å². The molecule has 0 aromatic heterocycles. The van der Waals surface area contributed by atoms with Crippen molar-refractivity contribution in [2.24, 2.45) is 40.4 Å². The summed E-state index contributed by atoms with van der Waals surface area (Å²) in [6, 6.07) is 0. The summed E-state index contributed by atoms with van der Waals surface area (Å²) in [6.07, 6.45) is 7.00. The molecule has 0 spiro atoms. The van der Waals surface area contributed by atoms with Gasteiger partial charge in [-0.15, -0.1) is 0 Å². The molecule has 0 unspecified atom stereocenters. The summed E-state index contributed by atoms with van der Waals surface area (Å²) in [5.74, 6) is 2.85. The maximum atomic E-state index is 12.6. The fourth-order valence-electron chi connectivity index (χ4n) is 7.90. The van der Waals surface area contributed by atoms with Crippen molar-refractivity contribution >= 4 is 5.78 Å². The second-order valence-corrected chi connectivity index (χ2v) is 9.84. The first-order chi connectivity index (χ1) is 11.3. The molecule has 2 N–H and O–H groups in total. The summed E-state index contributed by atoms with van der Waals surface area (Å²) in [5, 5.41) is 20.7. The van der Waals surface area contributed by atoms with Crippen molar-refractivity contribution in [3.8, 4) is 0 Å². The fraction of sp³-hybridized carbons (Fsp3) is 0.952. The maximum Gasteiger partial charge on any atom is 0.136 e. The molecule has 3 heteroatoms. The Morgan fingerprint density at radius 3 is 2.38 bits per heavy atom. The number of fused-ring (bicyclic) bond motifs is 5. The van der Waals surface area contributed by atoms with E-state index < -0.39 is 12.2 Å². The molecule has 4 saturated carbocycles. The van der Waals surface area contributed by atoms with Gasteiger partial charge in [0.05, 0.1) is 12.2 Å². The minimum Gasteiger partial charge on any atom is -0.390 e. The minimum atomic E-state index is -0.549. The summed E-state index contributed by atoms with van der Waals surface area (Å²) in [4.78, 5) is 12.6. The van der Waals surface area contributed by atoms with Gasteiger partial charge in [0.1, 0.15) is 5.78 Å². The second kappa shape index (κ2) is 5.54. The molecule has 9 atom stereocenters. The smallest absolute Gasteiger partial charge is 0.136 e. The minimum absolute atomic E-state index is 0.149. The topological polar surface area (TPSA) is 57.5 Å². The van der Waals surface area contributed by atoms with E-state index in [1.54, 1.807) is 0 Å². The van der Waals surface area contributed by atoms with Crippen LogP contribution >= 0.6 is 0 Å². The molecular weight excluding hydrogens is 300 g/mol. The maximum absolute atomic E-state index is 12.6. The van der Waals surface area contributed by atoms with Crippen LogP contribution in [0.3, 0.4) is 0 Å². The molecule has 0 saturated heterocycles. The van der Waals surface area contributed by atoms with Crippen LogP contribution in [0.1, 0.15) is 72.1 Å². The Hall–Kier alpha value is -0.410. The molecule has 4 aliphatic rings. The molecule has 4 rings (SSSR count). The summed E-state index contributed by atoms with van der Waals surface area (Å²) in [5.41, 5.74) is 0.360. The number of carbonyl (C=O) groups is 1. The van der Waals surface area contributed by atoms with Crippen molar-refractivity contribution in [1.29, 1.82) is 0 Å². The number of hydrogen-bond acceptors (Lipinski definition) is 3. The lowest BCUT2D eigenvalue weighted by Gasteiger charge is -2.61. The third-order valence-corrected chi connectivity index (χ3v) is 9.18. The Morgan fingerprint density at radius 1 is 0.958 bits per heavy atom. The monoisotopic (exact) mass is 334 g/mol. The van der Waals surface area contributed by atoms with Gasteiger partial charge < -0.3 is 10.2 Å². The van der Waals surface area contributed by atoms with E-state index in [0.29, 0.717) is 23.5 Å². The van der Waals surface area contributed by atoms with Gasteiger partial charge in [-0.3, -0.25) is 4.79 Å². The molecule has 4 aliphatic carbocycles. The van der Waals surface area contributed by atoms with E-state index in [1.807, 2.05) is 0 Å². The Kier molecular flexibility index (Phi) is 3.93. The number of ketones is 1. The molecule has 0 aromatic carbocycles. The van der Waals surface area contributed by atoms with Gasteiger partial charge in [0, 0.05) is 12.3 Å². The Bertz CT molecular complexity index is 531. The zero-order chi connectivity index (χ0) is 17.3. The van der Waals surface area contributed by atoms with Gasteiger partial charge in [-0.2, -0.15) is 0 Å². The van der Waals surface area contributed by atoms with Crippen LogP contribution in [-0.4, -0.2) is 28.2 Å². The standard InChI is InChI=1S/C21H34O3/c1-4-13-18(23)11-16-12-5-6-15-19(24)17(22)8-10-21(15,3)14(12)7-9-20(13,16)2/h12-17,19,22,24H,4-11H2,1-3H3/t12-,13+,14+,15-,16+,17+,19-,20-,21-/m1/s1. The molecule has 0 amide bonds. The number of aliphatic hydroxyl groups excluding tert-OH is 2. The van der Waals surface area contributed by atoms with E-state index in [4.69, 9.17) is 0 Å². The third kappa shape index (κ3) is 2.06. The van der Waals surface area contributed by atoms with Crippen LogP contribution in [0, 0.1) is 40.4 Å². The highest BCUT2D eigenvalue weighted by atomic mass is 16.3. The van der Waals surface area contributed by atoms with Crippen LogP contribution in [0.5, 0.6) is 0 Å². The van der Waals surface area contributed by atoms with Crippen LogP contribution in [0.2, 0.25) is 0 Å². The third-order valence-electron chi connectivity index (χ3n) is 9.18. The molecule has 3 nitrogen and oxygen atoms in total. The van der Waals surface area contributed by atoms with Gasteiger partial charge in [0.25, 0.3) is 0 Å². The molecule has 4 fully saturated rings. The molecule has 0 heterocycles. The molecule has 0 bridgehead atoms. The van der Waals surface area contributed by atoms with Crippen molar-refractivity contribution in [3.05, 3.63) is 0 Å². The zero-order valence-electron chi connectivity index (χ0n) is 15.5. The van der Waals surface area contributed by atoms with Gasteiger partial charge >= 0.3 is 0 Å². The van der Waals surface area contributed by atoms with Crippen LogP contribution in [-0.2, 0) is 4.79 Å². The molecule has 0 radical (unpaired) electrons. The first kappa shape index (κ1) is 17.0. The lowest BCUT2D eigenvalue weighted by molar-refractivity contribution is -0.173. The Morgan fingerprint density at radius 2 is 1.67 bits per heavy atom. The zero-order valence-corrected chi connectivity index (χ0v) is 15.5. The van der Waals surface area contributed by atoms with Crippen molar-refractivity contribution in [2.75, 3.05) is 0 Å². The number of rotatable bonds is 1. The van der Waals surface area contributed by atoms with Gasteiger partial charge in [-0.25, -0.2) is 0 Å². The van der Waals surface area contributed by atoms with Gasteiger partial charge in [-0.1, -0.05) is 20.8 Å². The van der Waals surface area contributed by atoms with E-state index in [2.05, 4.69) is 20.8 Å². The van der Waals surface area contributed by atoms with E-state index in [9.17, 15) is 15.0 Å². The predicted molar refractivity (Wildman–Crippen MR) is 93.3 cm³/mol. The largest absolute Gasteiger partial charge is 0.390 e. The highest BCUT2D eigenvalue weighted by Crippen LogP contribution is 2.67. The number of aliphatic hydroxyl groups is 2. The molecule has 0 aromatic rings. The number of hydrogen-bond donors (Lipinski definition) is 2. The van der Waals surface area contributed by atoms with E-state index >= 15 is 0 Å². The van der Waals surface area contributed by atoms with Crippen molar-refractivity contribution in [1.82, 2.24) is 0 Å². The normalized spacial score (nSPS) is 57.2. The fourth-order valence-corrected chi connectivity index (χ4v) is 7.90. The Balaban J connectivity index is 1.65. The summed E-state index contributed by atoms with van der Waals surface area (Å²) in [7, 11) is 0. The van der Waals surface area contributed by atoms with Crippen LogP contribution < -0.4 is 0 Å². The SMILES string of the molecule is CC[C@H]1C(=O)C[C@H]2[C@@H]3CC[C@@H]4[C@@H](O)[C@@H](O)CC[C@]4(C)[C@H]3CC[C@]12C. The molecule has 0 aliphatic heterocycles. The number of Topliss-reactive ketones (excluding diaryl/α,β-unsaturated/α-hetero) is 1. The number of carbonyl (C=O) groups excluding carboxylic acids is 1. The van der Waals surface area contributed by atoms with Crippen molar-refractivity contribution in [3.63, 3.8) is 0 Å². The summed E-state index contributed by atoms with van der Waals surface area (Å²) < 4.78 is 0. The molecule has 24 heavy (non-hydrogen) atoms. The lowest BCUT2D eigenvalue weighted by atomic mass is 9.44. The molecular formula is C21H34O3. The quantitative estimate of drug-likeness (QED) is 0.771. The molecule has 136 valence electrons. The van der Waals surface area contributed by atoms with Crippen LogP contribution in [0.15, 0.2) is 0 Å². The highest BCUT2D eigenvalue weighted by Gasteiger charge is 2.62. The van der Waals surface area contributed by atoms with Crippen LogP contribution in [0.4, 0.5) is 0 Å². The average molecular weight is 335 g/mol. The van der Waals surface area contributed by atoms with Gasteiger partial charge in [0.2, 0.25) is 0 Å². The summed E-state index contributed by atoms with van der Waals surface area (Å²) >= 11 is 0. The predicted octanol–water partition coefficient (Wildman–Crippen LogP) is 3.57. The van der Waals surface area contributed by atoms with Gasteiger partial charge in [-0.05, 0) is 79.4 Å². The average Bonchev–Trinajstić information content (AvgIpc) is 2.81. The van der Waals surface area contributed by atoms with Crippen molar-refractivity contribution in [2.45, 2.75) is 84.3 Å². The van der Waals surface area contributed by atoms with E-state index in [0.717, 1.165) is 38.5 Å². The van der Waals surface area contributed by atoms with E-state index in [1.165, 1.54) is 12.8 Å².